The van der Waals surface area contributed by atoms with Crippen molar-refractivity contribution in [1.29, 1.82) is 0 Å². The lowest BCUT2D eigenvalue weighted by Gasteiger charge is -2.33. The van der Waals surface area contributed by atoms with Crippen LogP contribution in [0.5, 0.6) is 0 Å². The molecule has 1 aliphatic carbocycles. The molecule has 0 aromatic carbocycles. The second-order valence-electron chi connectivity index (χ2n) is 4.64. The molecule has 0 spiro atoms. The van der Waals surface area contributed by atoms with Crippen LogP contribution in [0, 0.1) is 0 Å². The van der Waals surface area contributed by atoms with Gasteiger partial charge in [0.1, 0.15) is 5.69 Å². The lowest BCUT2D eigenvalue weighted by Crippen LogP contribution is -2.50. The number of aromatic nitrogens is 1. The number of nitrogens with zero attached hydrogens (tertiary/aromatic N) is 1. The molecule has 1 amide bonds. The summed E-state index contributed by atoms with van der Waals surface area (Å²) in [6.07, 6.45) is 4.74. The summed E-state index contributed by atoms with van der Waals surface area (Å²) in [4.78, 5) is 12.1. The number of aryl methyl sites for hydroxylation is 1. The van der Waals surface area contributed by atoms with Gasteiger partial charge < -0.3 is 15.6 Å². The van der Waals surface area contributed by atoms with Crippen LogP contribution in [0.1, 0.15) is 36.7 Å². The third-order valence-electron chi connectivity index (χ3n) is 3.07. The number of amides is 1. The highest BCUT2D eigenvalue weighted by Gasteiger charge is 2.28. The molecule has 3 N–H and O–H groups in total. The van der Waals surface area contributed by atoms with E-state index < -0.39 is 0 Å². The number of nitrogens with one attached hydrogen (secondary N) is 1. The van der Waals surface area contributed by atoms with E-state index in [-0.39, 0.29) is 18.0 Å². The van der Waals surface area contributed by atoms with E-state index in [0.717, 1.165) is 36.0 Å². The summed E-state index contributed by atoms with van der Waals surface area (Å²) < 4.78 is 2.93. The molecule has 4 nitrogen and oxygen atoms in total. The average molecular weight is 300 g/mol. The second-order valence-corrected chi connectivity index (χ2v) is 5.55. The first-order valence-corrected chi connectivity index (χ1v) is 6.81. The quantitative estimate of drug-likeness (QED) is 0.892. The molecule has 2 rings (SSSR count). The number of carbonyl (C=O) groups excluding carboxylic acids is 1. The first-order valence-electron chi connectivity index (χ1n) is 6.02. The van der Waals surface area contributed by atoms with Crippen molar-refractivity contribution in [3.05, 3.63) is 22.4 Å². The van der Waals surface area contributed by atoms with Crippen molar-refractivity contribution < 1.29 is 4.79 Å². The standard InChI is InChI=1S/C12H18BrN3O/c1-2-3-16-7-8(13)4-11(16)12(17)15-10-5-9(14)6-10/h4,7,9-10H,2-3,5-6,14H2,1H3,(H,15,17). The Kier molecular flexibility index (Phi) is 3.89. The van der Waals surface area contributed by atoms with E-state index in [2.05, 4.69) is 28.2 Å². The topological polar surface area (TPSA) is 60.0 Å². The molecular weight excluding hydrogens is 282 g/mol. The van der Waals surface area contributed by atoms with E-state index in [9.17, 15) is 4.79 Å². The lowest BCUT2D eigenvalue weighted by molar-refractivity contribution is 0.0900. The maximum Gasteiger partial charge on any atom is 0.268 e. The minimum atomic E-state index is 0.000972. The predicted molar refractivity (Wildman–Crippen MR) is 70.9 cm³/mol. The highest BCUT2D eigenvalue weighted by molar-refractivity contribution is 9.10. The Morgan fingerprint density at radius 1 is 1.65 bits per heavy atom. The number of hydrogen-bond donors (Lipinski definition) is 2. The molecule has 5 heteroatoms. The zero-order valence-electron chi connectivity index (χ0n) is 9.95. The van der Waals surface area contributed by atoms with Crippen molar-refractivity contribution in [3.8, 4) is 0 Å². The summed E-state index contributed by atoms with van der Waals surface area (Å²) in [6, 6.07) is 2.37. The maximum atomic E-state index is 12.1. The molecule has 1 aromatic rings. The van der Waals surface area contributed by atoms with E-state index >= 15 is 0 Å². The Hall–Kier alpha value is -0.810. The smallest absolute Gasteiger partial charge is 0.268 e. The fraction of sp³-hybridized carbons (Fsp3) is 0.583. The summed E-state index contributed by atoms with van der Waals surface area (Å²) in [7, 11) is 0. The average Bonchev–Trinajstić information content (AvgIpc) is 2.58. The Labute approximate surface area is 110 Å². The van der Waals surface area contributed by atoms with Gasteiger partial charge in [-0.15, -0.1) is 0 Å². The summed E-state index contributed by atoms with van der Waals surface area (Å²) in [6.45, 7) is 2.96. The van der Waals surface area contributed by atoms with Crippen molar-refractivity contribution in [2.24, 2.45) is 5.73 Å². The molecule has 94 valence electrons. The Balaban J connectivity index is 2.02. The molecule has 1 heterocycles. The van der Waals surface area contributed by atoms with Gasteiger partial charge in [-0.25, -0.2) is 0 Å². The first kappa shape index (κ1) is 12.6. The van der Waals surface area contributed by atoms with Gasteiger partial charge in [-0.3, -0.25) is 4.79 Å². The summed E-state index contributed by atoms with van der Waals surface area (Å²) in [5, 5.41) is 3.01. The number of nitrogens with two attached hydrogens (primary N) is 1. The van der Waals surface area contributed by atoms with Crippen molar-refractivity contribution in [1.82, 2.24) is 9.88 Å². The fourth-order valence-electron chi connectivity index (χ4n) is 2.13. The van der Waals surface area contributed by atoms with E-state index in [4.69, 9.17) is 5.73 Å². The lowest BCUT2D eigenvalue weighted by atomic mass is 9.87. The molecule has 1 aliphatic rings. The van der Waals surface area contributed by atoms with Gasteiger partial charge in [0.25, 0.3) is 5.91 Å². The molecule has 1 aromatic heterocycles. The van der Waals surface area contributed by atoms with Gasteiger partial charge in [0.2, 0.25) is 0 Å². The normalized spacial score (nSPS) is 23.2. The zero-order valence-corrected chi connectivity index (χ0v) is 11.5. The molecule has 0 unspecified atom stereocenters. The number of halogens is 1. The first-order chi connectivity index (χ1) is 8.10. The molecule has 0 bridgehead atoms. The van der Waals surface area contributed by atoms with Crippen molar-refractivity contribution in [2.45, 2.75) is 44.8 Å². The minimum absolute atomic E-state index is 0.000972. The van der Waals surface area contributed by atoms with Crippen LogP contribution in [0.3, 0.4) is 0 Å². The van der Waals surface area contributed by atoms with Crippen molar-refractivity contribution in [3.63, 3.8) is 0 Å². The minimum Gasteiger partial charge on any atom is -0.348 e. The number of rotatable bonds is 4. The highest BCUT2D eigenvalue weighted by atomic mass is 79.9. The van der Waals surface area contributed by atoms with Crippen LogP contribution in [0.2, 0.25) is 0 Å². The van der Waals surface area contributed by atoms with Crippen LogP contribution >= 0.6 is 15.9 Å². The maximum absolute atomic E-state index is 12.1. The highest BCUT2D eigenvalue weighted by Crippen LogP contribution is 2.20. The van der Waals surface area contributed by atoms with Crippen LogP contribution in [-0.2, 0) is 6.54 Å². The Morgan fingerprint density at radius 2 is 2.35 bits per heavy atom. The molecule has 1 saturated carbocycles. The fourth-order valence-corrected chi connectivity index (χ4v) is 2.59. The van der Waals surface area contributed by atoms with Gasteiger partial charge in [-0.05, 0) is 41.3 Å². The summed E-state index contributed by atoms with van der Waals surface area (Å²) in [5.41, 5.74) is 6.42. The number of carbonyl (C=O) groups is 1. The summed E-state index contributed by atoms with van der Waals surface area (Å²) >= 11 is 3.41. The SMILES string of the molecule is CCCn1cc(Br)cc1C(=O)NC1CC(N)C1. The van der Waals surface area contributed by atoms with Gasteiger partial charge in [0.15, 0.2) is 0 Å². The molecule has 0 radical (unpaired) electrons. The van der Waals surface area contributed by atoms with E-state index in [0.29, 0.717) is 0 Å². The van der Waals surface area contributed by atoms with Crippen molar-refractivity contribution >= 4 is 21.8 Å². The van der Waals surface area contributed by atoms with Gasteiger partial charge in [0.05, 0.1) is 0 Å². The molecule has 1 fully saturated rings. The molecule has 17 heavy (non-hydrogen) atoms. The van der Waals surface area contributed by atoms with Gasteiger partial charge in [-0.1, -0.05) is 6.92 Å². The van der Waals surface area contributed by atoms with Crippen LogP contribution < -0.4 is 11.1 Å². The van der Waals surface area contributed by atoms with Gasteiger partial charge in [-0.2, -0.15) is 0 Å². The molecular formula is C12H18BrN3O. The predicted octanol–water partition coefficient (Wildman–Crippen LogP) is 1.88. The third-order valence-corrected chi connectivity index (χ3v) is 3.50. The monoisotopic (exact) mass is 299 g/mol. The Bertz CT molecular complexity index is 410. The molecule has 0 aliphatic heterocycles. The number of hydrogen-bond acceptors (Lipinski definition) is 2. The summed E-state index contributed by atoms with van der Waals surface area (Å²) in [5.74, 6) is 0.000972. The van der Waals surface area contributed by atoms with E-state index in [1.54, 1.807) is 0 Å². The molecule has 0 atom stereocenters. The van der Waals surface area contributed by atoms with E-state index in [1.807, 2.05) is 16.8 Å². The Morgan fingerprint density at radius 3 is 2.94 bits per heavy atom. The van der Waals surface area contributed by atoms with Crippen LogP contribution in [0.4, 0.5) is 0 Å². The van der Waals surface area contributed by atoms with Gasteiger partial charge >= 0.3 is 0 Å². The van der Waals surface area contributed by atoms with Gasteiger partial charge in [0, 0.05) is 29.3 Å². The van der Waals surface area contributed by atoms with Crippen molar-refractivity contribution in [2.75, 3.05) is 0 Å². The second kappa shape index (κ2) is 5.23. The van der Waals surface area contributed by atoms with Crippen LogP contribution in [0.15, 0.2) is 16.7 Å². The zero-order chi connectivity index (χ0) is 12.4. The third kappa shape index (κ3) is 2.90. The van der Waals surface area contributed by atoms with Crippen LogP contribution in [0.25, 0.3) is 0 Å². The largest absolute Gasteiger partial charge is 0.348 e. The molecule has 0 saturated heterocycles. The van der Waals surface area contributed by atoms with E-state index in [1.165, 1.54) is 0 Å². The van der Waals surface area contributed by atoms with Crippen LogP contribution in [-0.4, -0.2) is 22.6 Å².